The predicted molar refractivity (Wildman–Crippen MR) is 79.4 cm³/mol. The minimum absolute atomic E-state index is 0.494. The average molecular weight is 290 g/mol. The van der Waals surface area contributed by atoms with Gasteiger partial charge in [0.1, 0.15) is 29.2 Å². The van der Waals surface area contributed by atoms with Gasteiger partial charge in [-0.05, 0) is 25.0 Å². The number of nitrogens with zero attached hydrogens (tertiary/aromatic N) is 2. The van der Waals surface area contributed by atoms with E-state index in [0.29, 0.717) is 24.2 Å². The zero-order valence-electron chi connectivity index (χ0n) is 11.1. The number of rotatable bonds is 6. The minimum atomic E-state index is 0.494. The van der Waals surface area contributed by atoms with Crippen molar-refractivity contribution in [2.45, 2.75) is 18.8 Å². The summed E-state index contributed by atoms with van der Waals surface area (Å²) < 4.78 is 5.61. The zero-order chi connectivity index (χ0) is 13.8. The molecule has 0 spiro atoms. The zero-order valence-corrected chi connectivity index (χ0v) is 11.8. The first-order chi connectivity index (χ1) is 9.81. The summed E-state index contributed by atoms with van der Waals surface area (Å²) in [6.45, 7) is 1.25. The van der Waals surface area contributed by atoms with Crippen LogP contribution in [-0.2, 0) is 0 Å². The van der Waals surface area contributed by atoms with Gasteiger partial charge in [-0.1, -0.05) is 29.8 Å². The van der Waals surface area contributed by atoms with Crippen molar-refractivity contribution in [3.63, 3.8) is 0 Å². The number of halogens is 1. The molecule has 1 aliphatic carbocycles. The molecule has 1 saturated carbocycles. The third-order valence-electron chi connectivity index (χ3n) is 3.07. The van der Waals surface area contributed by atoms with Crippen LogP contribution in [0.15, 0.2) is 36.4 Å². The molecule has 2 aromatic rings. The highest BCUT2D eigenvalue weighted by molar-refractivity contribution is 6.29. The minimum Gasteiger partial charge on any atom is -0.492 e. The maximum absolute atomic E-state index is 6.01. The molecule has 1 aromatic carbocycles. The van der Waals surface area contributed by atoms with Crippen LogP contribution in [0.1, 0.15) is 24.6 Å². The molecule has 0 unspecified atom stereocenters. The standard InChI is InChI=1S/C15H16ClN3O/c16-13-10-14(19-15(18-13)11-6-7-11)17-8-9-20-12-4-2-1-3-5-12/h1-5,10-11H,6-9H2,(H,17,18,19). The summed E-state index contributed by atoms with van der Waals surface area (Å²) in [5.74, 6) is 2.98. The van der Waals surface area contributed by atoms with Gasteiger partial charge in [0, 0.05) is 12.0 Å². The van der Waals surface area contributed by atoms with E-state index in [-0.39, 0.29) is 0 Å². The Morgan fingerprint density at radius 1 is 1.20 bits per heavy atom. The van der Waals surface area contributed by atoms with Crippen LogP contribution in [-0.4, -0.2) is 23.1 Å². The summed E-state index contributed by atoms with van der Waals surface area (Å²) in [7, 11) is 0. The summed E-state index contributed by atoms with van der Waals surface area (Å²) in [5, 5.41) is 3.71. The number of hydrogen-bond donors (Lipinski definition) is 1. The molecule has 0 atom stereocenters. The fourth-order valence-electron chi connectivity index (χ4n) is 1.91. The van der Waals surface area contributed by atoms with Crippen LogP contribution in [0.25, 0.3) is 0 Å². The Bertz CT molecular complexity index is 573. The summed E-state index contributed by atoms with van der Waals surface area (Å²) in [4.78, 5) is 8.73. The lowest BCUT2D eigenvalue weighted by Crippen LogP contribution is -2.13. The molecule has 1 heterocycles. The van der Waals surface area contributed by atoms with Crippen molar-refractivity contribution in [2.75, 3.05) is 18.5 Å². The second kappa shape index (κ2) is 6.09. The number of benzene rings is 1. The molecule has 0 amide bonds. The molecule has 0 radical (unpaired) electrons. The van der Waals surface area contributed by atoms with Gasteiger partial charge in [0.25, 0.3) is 0 Å². The molecule has 0 saturated heterocycles. The Hall–Kier alpha value is -1.81. The van der Waals surface area contributed by atoms with Crippen LogP contribution in [0.3, 0.4) is 0 Å². The summed E-state index contributed by atoms with van der Waals surface area (Å²) in [6.07, 6.45) is 2.33. The van der Waals surface area contributed by atoms with Crippen LogP contribution in [0.4, 0.5) is 5.82 Å². The highest BCUT2D eigenvalue weighted by Crippen LogP contribution is 2.38. The molecule has 1 N–H and O–H groups in total. The molecular formula is C15H16ClN3O. The maximum Gasteiger partial charge on any atom is 0.135 e. The number of anilines is 1. The lowest BCUT2D eigenvalue weighted by molar-refractivity contribution is 0.332. The van der Waals surface area contributed by atoms with E-state index in [9.17, 15) is 0 Å². The summed E-state index contributed by atoms with van der Waals surface area (Å²) in [5.41, 5.74) is 0. The molecule has 0 aliphatic heterocycles. The first kappa shape index (κ1) is 13.2. The molecule has 1 aromatic heterocycles. The third kappa shape index (κ3) is 3.61. The van der Waals surface area contributed by atoms with Gasteiger partial charge in [-0.3, -0.25) is 0 Å². The highest BCUT2D eigenvalue weighted by Gasteiger charge is 2.27. The highest BCUT2D eigenvalue weighted by atomic mass is 35.5. The van der Waals surface area contributed by atoms with Gasteiger partial charge in [0.05, 0.1) is 6.54 Å². The Morgan fingerprint density at radius 2 is 2.00 bits per heavy atom. The van der Waals surface area contributed by atoms with Crippen molar-refractivity contribution in [2.24, 2.45) is 0 Å². The molecule has 20 heavy (non-hydrogen) atoms. The average Bonchev–Trinajstić information content (AvgIpc) is 3.29. The fraction of sp³-hybridized carbons (Fsp3) is 0.333. The number of para-hydroxylation sites is 1. The largest absolute Gasteiger partial charge is 0.492 e. The van der Waals surface area contributed by atoms with E-state index in [1.165, 1.54) is 0 Å². The molecule has 5 heteroatoms. The Kier molecular flexibility index (Phi) is 4.02. The maximum atomic E-state index is 6.01. The van der Waals surface area contributed by atoms with Crippen molar-refractivity contribution < 1.29 is 4.74 Å². The number of hydrogen-bond acceptors (Lipinski definition) is 4. The summed E-state index contributed by atoms with van der Waals surface area (Å²) in [6, 6.07) is 11.5. The van der Waals surface area contributed by atoms with Crippen molar-refractivity contribution in [3.05, 3.63) is 47.4 Å². The predicted octanol–water partition coefficient (Wildman–Crippen LogP) is 3.50. The first-order valence-corrected chi connectivity index (χ1v) is 7.15. The van der Waals surface area contributed by atoms with Gasteiger partial charge in [-0.15, -0.1) is 0 Å². The summed E-state index contributed by atoms with van der Waals surface area (Å²) >= 11 is 6.01. The van der Waals surface area contributed by atoms with Crippen LogP contribution in [0.2, 0.25) is 5.15 Å². The number of aromatic nitrogens is 2. The van der Waals surface area contributed by atoms with Crippen LogP contribution in [0, 0.1) is 0 Å². The van der Waals surface area contributed by atoms with Crippen LogP contribution in [0.5, 0.6) is 5.75 Å². The lowest BCUT2D eigenvalue weighted by Gasteiger charge is -2.09. The van der Waals surface area contributed by atoms with E-state index >= 15 is 0 Å². The topological polar surface area (TPSA) is 47.0 Å². The van der Waals surface area contributed by atoms with Gasteiger partial charge in [-0.2, -0.15) is 0 Å². The Morgan fingerprint density at radius 3 is 2.75 bits per heavy atom. The van der Waals surface area contributed by atoms with Gasteiger partial charge in [0.15, 0.2) is 0 Å². The van der Waals surface area contributed by atoms with E-state index in [2.05, 4.69) is 15.3 Å². The van der Waals surface area contributed by atoms with E-state index in [0.717, 1.165) is 30.2 Å². The Balaban J connectivity index is 1.51. The number of nitrogens with one attached hydrogen (secondary N) is 1. The quantitative estimate of drug-likeness (QED) is 0.653. The van der Waals surface area contributed by atoms with Crippen molar-refractivity contribution in [1.29, 1.82) is 0 Å². The monoisotopic (exact) mass is 289 g/mol. The van der Waals surface area contributed by atoms with E-state index in [4.69, 9.17) is 16.3 Å². The number of ether oxygens (including phenoxy) is 1. The molecule has 1 fully saturated rings. The molecular weight excluding hydrogens is 274 g/mol. The van der Waals surface area contributed by atoms with E-state index < -0.39 is 0 Å². The van der Waals surface area contributed by atoms with Crippen LogP contribution < -0.4 is 10.1 Å². The Labute approximate surface area is 123 Å². The fourth-order valence-corrected chi connectivity index (χ4v) is 2.10. The smallest absolute Gasteiger partial charge is 0.135 e. The molecule has 1 aliphatic rings. The van der Waals surface area contributed by atoms with Crippen LogP contribution >= 0.6 is 11.6 Å². The van der Waals surface area contributed by atoms with Gasteiger partial charge in [0.2, 0.25) is 0 Å². The first-order valence-electron chi connectivity index (χ1n) is 6.77. The SMILES string of the molecule is Clc1cc(NCCOc2ccccc2)nc(C2CC2)n1. The molecule has 3 rings (SSSR count). The lowest BCUT2D eigenvalue weighted by atomic mass is 10.3. The van der Waals surface area contributed by atoms with E-state index in [1.54, 1.807) is 6.07 Å². The third-order valence-corrected chi connectivity index (χ3v) is 3.27. The second-order valence-electron chi connectivity index (χ2n) is 4.80. The van der Waals surface area contributed by atoms with Crippen molar-refractivity contribution in [3.8, 4) is 5.75 Å². The molecule has 104 valence electrons. The van der Waals surface area contributed by atoms with Crippen molar-refractivity contribution in [1.82, 2.24) is 9.97 Å². The molecule has 4 nitrogen and oxygen atoms in total. The van der Waals surface area contributed by atoms with Gasteiger partial charge in [-0.25, -0.2) is 9.97 Å². The normalized spacial score (nSPS) is 14.1. The second-order valence-corrected chi connectivity index (χ2v) is 5.18. The van der Waals surface area contributed by atoms with Crippen molar-refractivity contribution >= 4 is 17.4 Å². The van der Waals surface area contributed by atoms with Gasteiger partial charge >= 0.3 is 0 Å². The van der Waals surface area contributed by atoms with E-state index in [1.807, 2.05) is 30.3 Å². The molecule has 0 bridgehead atoms. The van der Waals surface area contributed by atoms with Gasteiger partial charge < -0.3 is 10.1 Å².